The molecule has 1 N–H and O–H groups in total. The fraction of sp³-hybridized carbons (Fsp3) is 0.273. The summed E-state index contributed by atoms with van der Waals surface area (Å²) in [5, 5.41) is 13.5. The number of carbonyl (C=O) groups is 1. The third-order valence-corrected chi connectivity index (χ3v) is 3.31. The number of hydrogen-bond donors (Lipinski definition) is 1. The summed E-state index contributed by atoms with van der Waals surface area (Å²) >= 11 is 1.15. The minimum absolute atomic E-state index is 0.0265. The summed E-state index contributed by atoms with van der Waals surface area (Å²) in [6.45, 7) is 1.93. The number of aryl methyl sites for hydroxylation is 2. The van der Waals surface area contributed by atoms with Gasteiger partial charge < -0.3 is 5.11 Å². The summed E-state index contributed by atoms with van der Waals surface area (Å²) in [7, 11) is 1.75. The van der Waals surface area contributed by atoms with Crippen LogP contribution in [0.15, 0.2) is 23.6 Å². The van der Waals surface area contributed by atoms with Crippen molar-refractivity contribution < 1.29 is 9.90 Å². The van der Waals surface area contributed by atoms with Crippen LogP contribution in [0.1, 0.15) is 5.56 Å². The number of thioether (sulfide) groups is 1. The highest BCUT2D eigenvalue weighted by Crippen LogP contribution is 2.22. The predicted octanol–water partition coefficient (Wildman–Crippen LogP) is 1.36. The minimum Gasteiger partial charge on any atom is -0.481 e. The third-order valence-electron chi connectivity index (χ3n) is 2.31. The van der Waals surface area contributed by atoms with Gasteiger partial charge in [0.2, 0.25) is 0 Å². The van der Waals surface area contributed by atoms with Crippen LogP contribution in [-0.4, -0.2) is 36.6 Å². The molecule has 0 aliphatic heterocycles. The fourth-order valence-electron chi connectivity index (χ4n) is 1.46. The van der Waals surface area contributed by atoms with Gasteiger partial charge in [-0.05, 0) is 18.6 Å². The lowest BCUT2D eigenvalue weighted by molar-refractivity contribution is -0.133. The normalized spacial score (nSPS) is 10.6. The number of aromatic nitrogens is 4. The van der Waals surface area contributed by atoms with Crippen LogP contribution in [0.2, 0.25) is 0 Å². The van der Waals surface area contributed by atoms with E-state index in [2.05, 4.69) is 15.1 Å². The number of nitrogens with zero attached hydrogens (tertiary/aromatic N) is 4. The Morgan fingerprint density at radius 3 is 3.00 bits per heavy atom. The maximum absolute atomic E-state index is 10.5. The Labute approximate surface area is 108 Å². The Morgan fingerprint density at radius 2 is 2.33 bits per heavy atom. The predicted molar refractivity (Wildman–Crippen MR) is 67.3 cm³/mol. The molecule has 0 spiro atoms. The third kappa shape index (κ3) is 2.67. The van der Waals surface area contributed by atoms with Crippen LogP contribution >= 0.6 is 11.8 Å². The van der Waals surface area contributed by atoms with Crippen molar-refractivity contribution in [3.63, 3.8) is 0 Å². The van der Waals surface area contributed by atoms with E-state index in [0.29, 0.717) is 11.0 Å². The molecule has 0 aliphatic rings. The molecule has 18 heavy (non-hydrogen) atoms. The second-order valence-electron chi connectivity index (χ2n) is 3.71. The molecule has 2 aromatic heterocycles. The largest absolute Gasteiger partial charge is 0.481 e. The van der Waals surface area contributed by atoms with Gasteiger partial charge in [-0.2, -0.15) is 5.10 Å². The Hall–Kier alpha value is -1.89. The van der Waals surface area contributed by atoms with E-state index in [1.165, 1.54) is 0 Å². The van der Waals surface area contributed by atoms with E-state index in [0.717, 1.165) is 22.9 Å². The quantitative estimate of drug-likeness (QED) is 0.840. The van der Waals surface area contributed by atoms with E-state index in [9.17, 15) is 4.79 Å². The van der Waals surface area contributed by atoms with Gasteiger partial charge in [-0.3, -0.25) is 9.78 Å². The van der Waals surface area contributed by atoms with E-state index in [-0.39, 0.29) is 5.75 Å². The standard InChI is InChI=1S/C11H12N4O2S/c1-7-5-12-4-3-8(7)10-13-11(15(2)14-10)18-6-9(16)17/h3-5H,6H2,1-2H3,(H,16,17). The first-order valence-electron chi connectivity index (χ1n) is 5.24. The molecule has 0 bridgehead atoms. The molecule has 0 saturated heterocycles. The van der Waals surface area contributed by atoms with Crippen LogP contribution in [0.25, 0.3) is 11.4 Å². The molecule has 94 valence electrons. The summed E-state index contributed by atoms with van der Waals surface area (Å²) in [6, 6.07) is 1.84. The molecule has 6 nitrogen and oxygen atoms in total. The van der Waals surface area contributed by atoms with Crippen LogP contribution in [0.5, 0.6) is 0 Å². The van der Waals surface area contributed by atoms with Crippen molar-refractivity contribution in [2.24, 2.45) is 7.05 Å². The molecule has 2 heterocycles. The highest BCUT2D eigenvalue weighted by atomic mass is 32.2. The zero-order valence-corrected chi connectivity index (χ0v) is 10.8. The van der Waals surface area contributed by atoms with Crippen molar-refractivity contribution >= 4 is 17.7 Å². The Kier molecular flexibility index (Phi) is 3.61. The number of carboxylic acids is 1. The van der Waals surface area contributed by atoms with Crippen molar-refractivity contribution in [1.82, 2.24) is 19.7 Å². The Bertz CT molecular complexity index is 582. The first-order valence-corrected chi connectivity index (χ1v) is 6.23. The average Bonchev–Trinajstić information content (AvgIpc) is 2.68. The molecule has 0 fully saturated rings. The minimum atomic E-state index is -0.871. The highest BCUT2D eigenvalue weighted by molar-refractivity contribution is 7.99. The van der Waals surface area contributed by atoms with E-state index in [4.69, 9.17) is 5.11 Å². The lowest BCUT2D eigenvalue weighted by Crippen LogP contribution is -2.00. The Morgan fingerprint density at radius 1 is 1.56 bits per heavy atom. The molecular weight excluding hydrogens is 252 g/mol. The molecule has 2 rings (SSSR count). The molecule has 0 aromatic carbocycles. The monoisotopic (exact) mass is 264 g/mol. The summed E-state index contributed by atoms with van der Waals surface area (Å²) in [5.41, 5.74) is 1.89. The van der Waals surface area contributed by atoms with E-state index < -0.39 is 5.97 Å². The van der Waals surface area contributed by atoms with Gasteiger partial charge in [0.15, 0.2) is 11.0 Å². The van der Waals surface area contributed by atoms with Crippen LogP contribution in [-0.2, 0) is 11.8 Å². The maximum Gasteiger partial charge on any atom is 0.313 e. The number of hydrogen-bond acceptors (Lipinski definition) is 5. The average molecular weight is 264 g/mol. The molecule has 0 radical (unpaired) electrons. The molecule has 0 saturated carbocycles. The van der Waals surface area contributed by atoms with Crippen molar-refractivity contribution in [3.05, 3.63) is 24.0 Å². The van der Waals surface area contributed by atoms with Gasteiger partial charge in [-0.1, -0.05) is 11.8 Å². The maximum atomic E-state index is 10.5. The van der Waals surface area contributed by atoms with Gasteiger partial charge in [-0.15, -0.1) is 0 Å². The van der Waals surface area contributed by atoms with Crippen molar-refractivity contribution in [3.8, 4) is 11.4 Å². The van der Waals surface area contributed by atoms with Crippen molar-refractivity contribution in [2.45, 2.75) is 12.1 Å². The lowest BCUT2D eigenvalue weighted by atomic mass is 10.1. The zero-order valence-electron chi connectivity index (χ0n) is 9.99. The van der Waals surface area contributed by atoms with E-state index in [1.54, 1.807) is 24.1 Å². The number of rotatable bonds is 4. The lowest BCUT2D eigenvalue weighted by Gasteiger charge is -1.98. The molecule has 0 amide bonds. The summed E-state index contributed by atoms with van der Waals surface area (Å²) in [4.78, 5) is 18.9. The van der Waals surface area contributed by atoms with Crippen molar-refractivity contribution in [2.75, 3.05) is 5.75 Å². The zero-order chi connectivity index (χ0) is 13.1. The summed E-state index contributed by atoms with van der Waals surface area (Å²) in [5.74, 6) is -0.309. The van der Waals surface area contributed by atoms with Gasteiger partial charge in [0, 0.05) is 25.0 Å². The van der Waals surface area contributed by atoms with Crippen LogP contribution in [0.4, 0.5) is 0 Å². The number of carboxylic acid groups (broad SMARTS) is 1. The molecule has 0 atom stereocenters. The van der Waals surface area contributed by atoms with Gasteiger partial charge in [0.1, 0.15) is 0 Å². The van der Waals surface area contributed by atoms with Gasteiger partial charge in [-0.25, -0.2) is 9.67 Å². The van der Waals surface area contributed by atoms with Crippen molar-refractivity contribution in [1.29, 1.82) is 0 Å². The Balaban J connectivity index is 2.29. The molecule has 0 aliphatic carbocycles. The van der Waals surface area contributed by atoms with Gasteiger partial charge in [0.05, 0.1) is 5.75 Å². The molecule has 2 aromatic rings. The first-order chi connectivity index (χ1) is 8.58. The second-order valence-corrected chi connectivity index (χ2v) is 4.66. The molecule has 0 unspecified atom stereocenters. The van der Waals surface area contributed by atoms with E-state index in [1.807, 2.05) is 13.0 Å². The van der Waals surface area contributed by atoms with Gasteiger partial charge in [0.25, 0.3) is 0 Å². The van der Waals surface area contributed by atoms with Crippen LogP contribution in [0.3, 0.4) is 0 Å². The topological polar surface area (TPSA) is 80.9 Å². The molecule has 7 heteroatoms. The number of aliphatic carboxylic acids is 1. The highest BCUT2D eigenvalue weighted by Gasteiger charge is 2.12. The van der Waals surface area contributed by atoms with Crippen LogP contribution < -0.4 is 0 Å². The smallest absolute Gasteiger partial charge is 0.313 e. The summed E-state index contributed by atoms with van der Waals surface area (Å²) < 4.78 is 1.59. The van der Waals surface area contributed by atoms with Gasteiger partial charge >= 0.3 is 5.97 Å². The molecular formula is C11H12N4O2S. The van der Waals surface area contributed by atoms with Crippen LogP contribution in [0, 0.1) is 6.92 Å². The fourth-order valence-corrected chi connectivity index (χ4v) is 2.09. The SMILES string of the molecule is Cc1cnccc1-c1nc(SCC(=O)O)n(C)n1. The van der Waals surface area contributed by atoms with E-state index >= 15 is 0 Å². The second kappa shape index (κ2) is 5.18. The first kappa shape index (κ1) is 12.6. The number of pyridine rings is 1. The summed E-state index contributed by atoms with van der Waals surface area (Å²) in [6.07, 6.45) is 3.43.